The first-order chi connectivity index (χ1) is 10.3. The van der Waals surface area contributed by atoms with E-state index >= 15 is 0 Å². The normalized spacial score (nSPS) is 16.5. The predicted molar refractivity (Wildman–Crippen MR) is 85.4 cm³/mol. The number of benzene rings is 1. The molecule has 0 spiro atoms. The van der Waals surface area contributed by atoms with Crippen LogP contribution in [-0.2, 0) is 17.6 Å². The minimum atomic E-state index is 0.0252. The van der Waals surface area contributed by atoms with Crippen LogP contribution in [0, 0.1) is 0 Å². The molecule has 4 heteroatoms. The molecule has 21 heavy (non-hydrogen) atoms. The van der Waals surface area contributed by atoms with Gasteiger partial charge in [-0.05, 0) is 43.0 Å². The average molecular weight is 298 g/mol. The van der Waals surface area contributed by atoms with Crippen molar-refractivity contribution in [3.63, 3.8) is 0 Å². The topological polar surface area (TPSA) is 42.0 Å². The largest absolute Gasteiger partial charge is 0.355 e. The first-order valence-corrected chi connectivity index (χ1v) is 8.13. The Balaban J connectivity index is 1.42. The molecule has 2 heterocycles. The Bertz CT molecular complexity index is 590. The molecular weight excluding hydrogens is 280 g/mol. The first-order valence-electron chi connectivity index (χ1n) is 7.25. The lowest BCUT2D eigenvalue weighted by molar-refractivity contribution is -0.120. The Morgan fingerprint density at radius 3 is 2.90 bits per heavy atom. The summed E-state index contributed by atoms with van der Waals surface area (Å²) in [5, 5.41) is 3.07. The summed E-state index contributed by atoms with van der Waals surface area (Å²) >= 11 is 1.67. The third-order valence-corrected chi connectivity index (χ3v) is 4.89. The summed E-state index contributed by atoms with van der Waals surface area (Å²) in [6.07, 6.45) is 4.47. The number of rotatable bonds is 5. The highest BCUT2D eigenvalue weighted by molar-refractivity contribution is 8.01. The lowest BCUT2D eigenvalue weighted by Crippen LogP contribution is -2.33. The van der Waals surface area contributed by atoms with E-state index < -0.39 is 0 Å². The quantitative estimate of drug-likeness (QED) is 0.863. The fraction of sp³-hybridized carbons (Fsp3) is 0.294. The van der Waals surface area contributed by atoms with Gasteiger partial charge in [-0.15, -0.1) is 11.8 Å². The molecule has 0 saturated carbocycles. The highest BCUT2D eigenvalue weighted by Gasteiger charge is 2.27. The molecule has 1 aromatic carbocycles. The van der Waals surface area contributed by atoms with Gasteiger partial charge in [-0.3, -0.25) is 9.78 Å². The van der Waals surface area contributed by atoms with E-state index in [2.05, 4.69) is 22.4 Å². The van der Waals surface area contributed by atoms with E-state index in [0.29, 0.717) is 6.54 Å². The molecule has 108 valence electrons. The number of aromatic nitrogens is 1. The number of thioether (sulfide) groups is 1. The van der Waals surface area contributed by atoms with Crippen LogP contribution >= 0.6 is 11.8 Å². The fourth-order valence-electron chi connectivity index (χ4n) is 2.47. The van der Waals surface area contributed by atoms with Gasteiger partial charge in [0, 0.05) is 23.3 Å². The smallest absolute Gasteiger partial charge is 0.233 e. The Morgan fingerprint density at radius 2 is 2.10 bits per heavy atom. The molecule has 1 amide bonds. The summed E-state index contributed by atoms with van der Waals surface area (Å²) in [6.45, 7) is 0.711. The number of carbonyl (C=O) groups is 1. The van der Waals surface area contributed by atoms with Crippen molar-refractivity contribution < 1.29 is 4.79 Å². The second-order valence-electron chi connectivity index (χ2n) is 5.13. The molecule has 3 nitrogen and oxygen atoms in total. The zero-order chi connectivity index (χ0) is 14.5. The van der Waals surface area contributed by atoms with Crippen LogP contribution in [-0.4, -0.2) is 22.7 Å². The maximum absolute atomic E-state index is 12.2. The standard InChI is InChI=1S/C17H18N2OS/c20-17(16-12-13-6-1-2-9-15(13)21-16)19-11-5-8-14-7-3-4-10-18-14/h1-4,6-7,9-10,16H,5,8,11-12H2,(H,19,20)/t16-/m0/s1. The highest BCUT2D eigenvalue weighted by Crippen LogP contribution is 2.36. The monoisotopic (exact) mass is 298 g/mol. The number of pyridine rings is 1. The summed E-state index contributed by atoms with van der Waals surface area (Å²) in [4.78, 5) is 17.7. The summed E-state index contributed by atoms with van der Waals surface area (Å²) in [5.74, 6) is 0.150. The molecule has 1 aliphatic heterocycles. The second kappa shape index (κ2) is 6.76. The number of aryl methyl sites for hydroxylation is 1. The van der Waals surface area contributed by atoms with E-state index in [1.54, 1.807) is 18.0 Å². The Hall–Kier alpha value is -1.81. The van der Waals surface area contributed by atoms with Gasteiger partial charge in [-0.2, -0.15) is 0 Å². The number of hydrogen-bond donors (Lipinski definition) is 1. The third kappa shape index (κ3) is 3.64. The zero-order valence-corrected chi connectivity index (χ0v) is 12.6. The molecule has 1 N–H and O–H groups in total. The van der Waals surface area contributed by atoms with Crippen molar-refractivity contribution in [1.29, 1.82) is 0 Å². The van der Waals surface area contributed by atoms with Crippen molar-refractivity contribution in [3.8, 4) is 0 Å². The van der Waals surface area contributed by atoms with Crippen LogP contribution in [0.4, 0.5) is 0 Å². The number of hydrogen-bond acceptors (Lipinski definition) is 3. The number of nitrogens with one attached hydrogen (secondary N) is 1. The SMILES string of the molecule is O=C(NCCCc1ccccn1)[C@@H]1Cc2ccccc2S1. The molecule has 0 saturated heterocycles. The summed E-state index contributed by atoms with van der Waals surface area (Å²) in [5.41, 5.74) is 2.37. The number of amides is 1. The summed E-state index contributed by atoms with van der Waals surface area (Å²) in [6, 6.07) is 14.2. The molecule has 0 aliphatic carbocycles. The minimum absolute atomic E-state index is 0.0252. The van der Waals surface area contributed by atoms with Gasteiger partial charge in [0.25, 0.3) is 0 Å². The molecule has 1 atom stereocenters. The van der Waals surface area contributed by atoms with Gasteiger partial charge in [0.2, 0.25) is 5.91 Å². The molecule has 2 aromatic rings. The van der Waals surface area contributed by atoms with Crippen LogP contribution in [0.15, 0.2) is 53.6 Å². The maximum Gasteiger partial charge on any atom is 0.233 e. The van der Waals surface area contributed by atoms with Crippen LogP contribution < -0.4 is 5.32 Å². The number of fused-ring (bicyclic) bond motifs is 1. The fourth-order valence-corrected chi connectivity index (χ4v) is 3.69. The summed E-state index contributed by atoms with van der Waals surface area (Å²) < 4.78 is 0. The molecule has 0 radical (unpaired) electrons. The Labute approximate surface area is 129 Å². The van der Waals surface area contributed by atoms with Crippen molar-refractivity contribution in [3.05, 3.63) is 59.9 Å². The van der Waals surface area contributed by atoms with E-state index in [1.807, 2.05) is 30.3 Å². The third-order valence-electron chi connectivity index (χ3n) is 3.57. The first kappa shape index (κ1) is 14.1. The van der Waals surface area contributed by atoms with Crippen LogP contribution in [0.25, 0.3) is 0 Å². The van der Waals surface area contributed by atoms with Gasteiger partial charge in [-0.25, -0.2) is 0 Å². The van der Waals surface area contributed by atoms with E-state index in [-0.39, 0.29) is 11.2 Å². The van der Waals surface area contributed by atoms with Crippen LogP contribution in [0.2, 0.25) is 0 Å². The molecule has 1 aromatic heterocycles. The van der Waals surface area contributed by atoms with Crippen molar-refractivity contribution in [2.24, 2.45) is 0 Å². The highest BCUT2D eigenvalue weighted by atomic mass is 32.2. The van der Waals surface area contributed by atoms with E-state index in [0.717, 1.165) is 25.0 Å². The van der Waals surface area contributed by atoms with Gasteiger partial charge >= 0.3 is 0 Å². The van der Waals surface area contributed by atoms with Crippen molar-refractivity contribution >= 4 is 17.7 Å². The molecule has 0 bridgehead atoms. The molecule has 0 unspecified atom stereocenters. The lowest BCUT2D eigenvalue weighted by Gasteiger charge is -2.09. The summed E-state index contributed by atoms with van der Waals surface area (Å²) in [7, 11) is 0. The maximum atomic E-state index is 12.2. The van der Waals surface area contributed by atoms with Gasteiger partial charge in [0.15, 0.2) is 0 Å². The van der Waals surface area contributed by atoms with Gasteiger partial charge in [0.05, 0.1) is 5.25 Å². The molecule has 3 rings (SSSR count). The van der Waals surface area contributed by atoms with E-state index in [9.17, 15) is 4.79 Å². The van der Waals surface area contributed by atoms with Gasteiger partial charge in [-0.1, -0.05) is 24.3 Å². The van der Waals surface area contributed by atoms with Crippen LogP contribution in [0.1, 0.15) is 17.7 Å². The van der Waals surface area contributed by atoms with E-state index in [4.69, 9.17) is 0 Å². The Kier molecular flexibility index (Phi) is 4.55. The minimum Gasteiger partial charge on any atom is -0.355 e. The van der Waals surface area contributed by atoms with Gasteiger partial charge < -0.3 is 5.32 Å². The predicted octanol–water partition coefficient (Wildman–Crippen LogP) is 2.85. The molecule has 0 fully saturated rings. The van der Waals surface area contributed by atoms with Gasteiger partial charge in [0.1, 0.15) is 0 Å². The second-order valence-corrected chi connectivity index (χ2v) is 6.38. The zero-order valence-electron chi connectivity index (χ0n) is 11.8. The van der Waals surface area contributed by atoms with E-state index in [1.165, 1.54) is 10.5 Å². The molecule has 1 aliphatic rings. The van der Waals surface area contributed by atoms with Crippen molar-refractivity contribution in [1.82, 2.24) is 10.3 Å². The van der Waals surface area contributed by atoms with Crippen LogP contribution in [0.3, 0.4) is 0 Å². The molecular formula is C17H18N2OS. The number of nitrogens with zero attached hydrogens (tertiary/aromatic N) is 1. The Morgan fingerprint density at radius 1 is 1.24 bits per heavy atom. The van der Waals surface area contributed by atoms with Crippen LogP contribution in [0.5, 0.6) is 0 Å². The van der Waals surface area contributed by atoms with Crippen molar-refractivity contribution in [2.45, 2.75) is 29.4 Å². The number of carbonyl (C=O) groups excluding carboxylic acids is 1. The van der Waals surface area contributed by atoms with Crippen molar-refractivity contribution in [2.75, 3.05) is 6.54 Å². The lowest BCUT2D eigenvalue weighted by atomic mass is 10.1. The average Bonchev–Trinajstić information content (AvgIpc) is 2.96.